The lowest BCUT2D eigenvalue weighted by atomic mass is 10.0. The Hall–Kier alpha value is -0.900. The fourth-order valence-electron chi connectivity index (χ4n) is 1.04. The highest BCUT2D eigenvalue weighted by atomic mass is 16.5. The molecule has 0 amide bonds. The molecule has 1 aromatic heterocycles. The minimum absolute atomic E-state index is 0.127. The van der Waals surface area contributed by atoms with Crippen molar-refractivity contribution >= 4 is 0 Å². The monoisotopic (exact) mass is 183 g/mol. The molecular weight excluding hydrogens is 166 g/mol. The van der Waals surface area contributed by atoms with E-state index >= 15 is 0 Å². The van der Waals surface area contributed by atoms with Crippen LogP contribution in [0.25, 0.3) is 0 Å². The third kappa shape index (κ3) is 2.28. The summed E-state index contributed by atoms with van der Waals surface area (Å²) in [5, 5.41) is 3.81. The third-order valence-electron chi connectivity index (χ3n) is 2.34. The van der Waals surface area contributed by atoms with Crippen molar-refractivity contribution in [2.24, 2.45) is 11.7 Å². The van der Waals surface area contributed by atoms with E-state index in [1.165, 1.54) is 0 Å². The molecule has 1 rings (SSSR count). The van der Waals surface area contributed by atoms with Crippen molar-refractivity contribution in [1.82, 2.24) is 10.1 Å². The summed E-state index contributed by atoms with van der Waals surface area (Å²) in [6.07, 6.45) is 1.81. The lowest BCUT2D eigenvalue weighted by Gasteiger charge is -2.12. The maximum absolute atomic E-state index is 5.92. The van der Waals surface area contributed by atoms with Crippen molar-refractivity contribution in [3.8, 4) is 0 Å². The highest BCUT2D eigenvalue weighted by Crippen LogP contribution is 2.19. The molecule has 0 aromatic carbocycles. The van der Waals surface area contributed by atoms with Crippen LogP contribution in [-0.2, 0) is 6.42 Å². The predicted molar refractivity (Wildman–Crippen MR) is 50.1 cm³/mol. The van der Waals surface area contributed by atoms with Gasteiger partial charge >= 0.3 is 0 Å². The van der Waals surface area contributed by atoms with E-state index in [-0.39, 0.29) is 6.04 Å². The highest BCUT2D eigenvalue weighted by molar-refractivity contribution is 4.92. The molecule has 4 nitrogen and oxygen atoms in total. The molecule has 0 fully saturated rings. The largest absolute Gasteiger partial charge is 0.338 e. The second-order valence-corrected chi connectivity index (χ2v) is 3.31. The zero-order valence-corrected chi connectivity index (χ0v) is 8.45. The first kappa shape index (κ1) is 10.2. The summed E-state index contributed by atoms with van der Waals surface area (Å²) in [4.78, 5) is 4.19. The van der Waals surface area contributed by atoms with Gasteiger partial charge in [0.15, 0.2) is 5.82 Å². The number of hydrogen-bond acceptors (Lipinski definition) is 4. The molecule has 13 heavy (non-hydrogen) atoms. The van der Waals surface area contributed by atoms with Gasteiger partial charge in [-0.25, -0.2) is 0 Å². The van der Waals surface area contributed by atoms with Crippen LogP contribution in [0.1, 0.15) is 44.9 Å². The number of hydrogen-bond donors (Lipinski definition) is 1. The average Bonchev–Trinajstić information content (AvgIpc) is 2.63. The lowest BCUT2D eigenvalue weighted by molar-refractivity contribution is 0.310. The Morgan fingerprint density at radius 3 is 2.62 bits per heavy atom. The summed E-state index contributed by atoms with van der Waals surface area (Å²) in [7, 11) is 0. The van der Waals surface area contributed by atoms with Gasteiger partial charge in [-0.2, -0.15) is 4.98 Å². The molecule has 0 aliphatic carbocycles. The first-order valence-electron chi connectivity index (χ1n) is 4.77. The van der Waals surface area contributed by atoms with E-state index < -0.39 is 0 Å². The van der Waals surface area contributed by atoms with E-state index in [1.807, 2.05) is 6.92 Å². The smallest absolute Gasteiger partial charge is 0.243 e. The lowest BCUT2D eigenvalue weighted by Crippen LogP contribution is -2.18. The van der Waals surface area contributed by atoms with Crippen LogP contribution in [0.2, 0.25) is 0 Å². The predicted octanol–water partition coefficient (Wildman–Crippen LogP) is 1.68. The van der Waals surface area contributed by atoms with Gasteiger partial charge in [-0.15, -0.1) is 0 Å². The zero-order chi connectivity index (χ0) is 9.84. The van der Waals surface area contributed by atoms with Crippen LogP contribution < -0.4 is 5.73 Å². The van der Waals surface area contributed by atoms with Crippen LogP contribution in [0, 0.1) is 5.92 Å². The molecule has 74 valence electrons. The molecule has 2 atom stereocenters. The number of nitrogens with zero attached hydrogens (tertiary/aromatic N) is 2. The van der Waals surface area contributed by atoms with Crippen LogP contribution in [0.3, 0.4) is 0 Å². The number of rotatable bonds is 4. The van der Waals surface area contributed by atoms with E-state index in [4.69, 9.17) is 10.3 Å². The Balaban J connectivity index is 2.70. The van der Waals surface area contributed by atoms with E-state index in [0.29, 0.717) is 11.8 Å². The van der Waals surface area contributed by atoms with E-state index in [0.717, 1.165) is 18.7 Å². The number of aromatic nitrogens is 2. The molecule has 0 saturated carbocycles. The van der Waals surface area contributed by atoms with Crippen LogP contribution in [-0.4, -0.2) is 10.1 Å². The molecule has 0 radical (unpaired) electrons. The Morgan fingerprint density at radius 2 is 2.15 bits per heavy atom. The fourth-order valence-corrected chi connectivity index (χ4v) is 1.04. The molecular formula is C9H17N3O. The van der Waals surface area contributed by atoms with Crippen molar-refractivity contribution in [3.05, 3.63) is 11.7 Å². The molecule has 0 aliphatic rings. The molecule has 4 heteroatoms. The highest BCUT2D eigenvalue weighted by Gasteiger charge is 2.19. The summed E-state index contributed by atoms with van der Waals surface area (Å²) in [6.45, 7) is 6.17. The van der Waals surface area contributed by atoms with Crippen molar-refractivity contribution in [3.63, 3.8) is 0 Å². The normalized spacial score (nSPS) is 15.7. The molecule has 0 unspecified atom stereocenters. The maximum Gasteiger partial charge on any atom is 0.243 e. The van der Waals surface area contributed by atoms with Crippen molar-refractivity contribution < 1.29 is 4.52 Å². The SMILES string of the molecule is CCc1noc([C@@H](N)[C@@H](C)CC)n1. The Labute approximate surface area is 78.5 Å². The second kappa shape index (κ2) is 4.37. The van der Waals surface area contributed by atoms with Gasteiger partial charge in [0, 0.05) is 6.42 Å². The summed E-state index contributed by atoms with van der Waals surface area (Å²) in [6, 6.07) is -0.127. The second-order valence-electron chi connectivity index (χ2n) is 3.31. The van der Waals surface area contributed by atoms with Gasteiger partial charge in [0.1, 0.15) is 0 Å². The van der Waals surface area contributed by atoms with Crippen molar-refractivity contribution in [2.75, 3.05) is 0 Å². The van der Waals surface area contributed by atoms with E-state index in [9.17, 15) is 0 Å². The zero-order valence-electron chi connectivity index (χ0n) is 8.45. The molecule has 0 aliphatic heterocycles. The first-order valence-corrected chi connectivity index (χ1v) is 4.77. The number of aryl methyl sites for hydroxylation is 1. The Morgan fingerprint density at radius 1 is 1.46 bits per heavy atom. The summed E-state index contributed by atoms with van der Waals surface area (Å²) in [5.74, 6) is 1.67. The Kier molecular flexibility index (Phi) is 3.42. The molecule has 1 heterocycles. The van der Waals surface area contributed by atoms with Crippen molar-refractivity contribution in [1.29, 1.82) is 0 Å². The molecule has 0 saturated heterocycles. The van der Waals surface area contributed by atoms with Gasteiger partial charge in [0.05, 0.1) is 6.04 Å². The van der Waals surface area contributed by atoms with E-state index in [2.05, 4.69) is 24.0 Å². The summed E-state index contributed by atoms with van der Waals surface area (Å²) in [5.41, 5.74) is 5.92. The van der Waals surface area contributed by atoms with Crippen LogP contribution in [0.15, 0.2) is 4.52 Å². The average molecular weight is 183 g/mol. The van der Waals surface area contributed by atoms with Gasteiger partial charge in [-0.1, -0.05) is 32.3 Å². The standard InChI is InChI=1S/C9H17N3O/c1-4-6(3)8(10)9-11-7(5-2)12-13-9/h6,8H,4-5,10H2,1-3H3/t6-,8-/m0/s1. The third-order valence-corrected chi connectivity index (χ3v) is 2.34. The summed E-state index contributed by atoms with van der Waals surface area (Å²) < 4.78 is 5.05. The topological polar surface area (TPSA) is 64.9 Å². The summed E-state index contributed by atoms with van der Waals surface area (Å²) >= 11 is 0. The van der Waals surface area contributed by atoms with Crippen molar-refractivity contribution in [2.45, 2.75) is 39.7 Å². The number of nitrogens with two attached hydrogens (primary N) is 1. The van der Waals surface area contributed by atoms with Gasteiger partial charge in [-0.05, 0) is 5.92 Å². The van der Waals surface area contributed by atoms with Gasteiger partial charge < -0.3 is 10.3 Å². The molecule has 0 spiro atoms. The van der Waals surface area contributed by atoms with Gasteiger partial charge in [0.2, 0.25) is 5.89 Å². The van der Waals surface area contributed by atoms with Crippen LogP contribution in [0.5, 0.6) is 0 Å². The maximum atomic E-state index is 5.92. The fraction of sp³-hybridized carbons (Fsp3) is 0.778. The van der Waals surface area contributed by atoms with Crippen LogP contribution in [0.4, 0.5) is 0 Å². The van der Waals surface area contributed by atoms with E-state index in [1.54, 1.807) is 0 Å². The minimum Gasteiger partial charge on any atom is -0.338 e. The van der Waals surface area contributed by atoms with Gasteiger partial charge in [-0.3, -0.25) is 0 Å². The molecule has 0 bridgehead atoms. The minimum atomic E-state index is -0.127. The first-order chi connectivity index (χ1) is 6.19. The quantitative estimate of drug-likeness (QED) is 0.771. The van der Waals surface area contributed by atoms with Crippen LogP contribution >= 0.6 is 0 Å². The Bertz CT molecular complexity index is 259. The molecule has 1 aromatic rings. The molecule has 2 N–H and O–H groups in total. The van der Waals surface area contributed by atoms with Gasteiger partial charge in [0.25, 0.3) is 0 Å².